The molecule has 0 spiro atoms. The second kappa shape index (κ2) is 6.22. The van der Waals surface area contributed by atoms with E-state index in [1.165, 1.54) is 4.88 Å². The monoisotopic (exact) mass is 404 g/mol. The Hall–Kier alpha value is 0.710. The zero-order chi connectivity index (χ0) is 14.1. The first-order valence-electron chi connectivity index (χ1n) is 5.96. The molecular weight excluding hydrogens is 391 g/mol. The Morgan fingerprint density at radius 1 is 1.42 bits per heavy atom. The summed E-state index contributed by atoms with van der Waals surface area (Å²) < 4.78 is 24.4. The summed E-state index contributed by atoms with van der Waals surface area (Å²) in [7, 11) is -2.91. The molecule has 1 aromatic rings. The Kier molecular flexibility index (Phi) is 5.27. The number of alkyl halides is 2. The smallest absolute Gasteiger partial charge is 0.150 e. The Morgan fingerprint density at radius 3 is 2.53 bits per heavy atom. The molecule has 2 rings (SSSR count). The molecule has 0 N–H and O–H groups in total. The van der Waals surface area contributed by atoms with Gasteiger partial charge in [0.05, 0.1) is 11.5 Å². The summed E-state index contributed by atoms with van der Waals surface area (Å²) >= 11 is 17.4. The Bertz CT molecular complexity index is 538. The van der Waals surface area contributed by atoms with Gasteiger partial charge in [0.2, 0.25) is 0 Å². The van der Waals surface area contributed by atoms with Crippen LogP contribution in [0, 0.1) is 11.3 Å². The number of rotatable bonds is 5. The number of halogens is 3. The molecule has 1 atom stereocenters. The normalized spacial score (nSPS) is 22.8. The van der Waals surface area contributed by atoms with E-state index in [1.807, 2.05) is 5.38 Å². The van der Waals surface area contributed by atoms with E-state index in [0.717, 1.165) is 10.9 Å². The number of thiophene rings is 1. The minimum atomic E-state index is -2.91. The minimum Gasteiger partial charge on any atom is -0.229 e. The van der Waals surface area contributed by atoms with E-state index in [0.29, 0.717) is 18.2 Å². The van der Waals surface area contributed by atoms with Crippen LogP contribution in [0.5, 0.6) is 0 Å². The molecule has 19 heavy (non-hydrogen) atoms. The van der Waals surface area contributed by atoms with Gasteiger partial charge in [-0.25, -0.2) is 8.42 Å². The van der Waals surface area contributed by atoms with Gasteiger partial charge in [-0.3, -0.25) is 0 Å². The van der Waals surface area contributed by atoms with Crippen LogP contribution >= 0.6 is 50.5 Å². The Morgan fingerprint density at radius 2 is 2.11 bits per heavy atom. The maximum atomic E-state index is 11.7. The van der Waals surface area contributed by atoms with Crippen LogP contribution in [0.25, 0.3) is 0 Å². The van der Waals surface area contributed by atoms with Gasteiger partial charge in [0.1, 0.15) is 0 Å². The van der Waals surface area contributed by atoms with Crippen molar-refractivity contribution in [2.45, 2.75) is 12.8 Å². The second-order valence-corrected chi connectivity index (χ2v) is 9.81. The molecule has 0 bridgehead atoms. The number of sulfone groups is 1. The summed E-state index contributed by atoms with van der Waals surface area (Å²) in [5.74, 6) is 1.34. The highest BCUT2D eigenvalue weighted by molar-refractivity contribution is 9.10. The van der Waals surface area contributed by atoms with Crippen LogP contribution in [0.3, 0.4) is 0 Å². The van der Waals surface area contributed by atoms with Crippen LogP contribution in [-0.2, 0) is 16.3 Å². The first-order chi connectivity index (χ1) is 8.91. The topological polar surface area (TPSA) is 34.1 Å². The van der Waals surface area contributed by atoms with Crippen molar-refractivity contribution < 1.29 is 8.42 Å². The van der Waals surface area contributed by atoms with E-state index < -0.39 is 9.84 Å². The summed E-state index contributed by atoms with van der Waals surface area (Å²) in [6.45, 7) is 0. The fourth-order valence-corrected chi connectivity index (χ4v) is 7.02. The van der Waals surface area contributed by atoms with Gasteiger partial charge in [0.25, 0.3) is 0 Å². The molecule has 108 valence electrons. The summed E-state index contributed by atoms with van der Waals surface area (Å²) in [6.07, 6.45) is 1.42. The molecule has 1 aliphatic heterocycles. The van der Waals surface area contributed by atoms with Gasteiger partial charge in [-0.1, -0.05) is 0 Å². The van der Waals surface area contributed by atoms with E-state index >= 15 is 0 Å². The third-order valence-corrected chi connectivity index (χ3v) is 8.31. The van der Waals surface area contributed by atoms with E-state index in [9.17, 15) is 8.42 Å². The van der Waals surface area contributed by atoms with Crippen molar-refractivity contribution in [1.82, 2.24) is 0 Å². The molecule has 0 aliphatic carbocycles. The molecule has 0 amide bonds. The van der Waals surface area contributed by atoms with Crippen molar-refractivity contribution in [2.24, 2.45) is 11.3 Å². The average Bonchev–Trinajstić information content (AvgIpc) is 2.92. The van der Waals surface area contributed by atoms with Gasteiger partial charge in [-0.2, -0.15) is 0 Å². The highest BCUT2D eigenvalue weighted by Gasteiger charge is 2.44. The summed E-state index contributed by atoms with van der Waals surface area (Å²) in [5, 5.41) is 2.02. The van der Waals surface area contributed by atoms with Crippen molar-refractivity contribution in [2.75, 3.05) is 23.3 Å². The fraction of sp³-hybridized carbons (Fsp3) is 0.667. The molecule has 1 saturated heterocycles. The van der Waals surface area contributed by atoms with Crippen molar-refractivity contribution in [3.8, 4) is 0 Å². The lowest BCUT2D eigenvalue weighted by Crippen LogP contribution is -2.37. The number of hydrogen-bond acceptors (Lipinski definition) is 3. The van der Waals surface area contributed by atoms with Gasteiger partial charge in [0.15, 0.2) is 9.84 Å². The zero-order valence-electron chi connectivity index (χ0n) is 10.2. The highest BCUT2D eigenvalue weighted by Crippen LogP contribution is 2.42. The van der Waals surface area contributed by atoms with Crippen molar-refractivity contribution in [1.29, 1.82) is 0 Å². The zero-order valence-corrected chi connectivity index (χ0v) is 15.0. The van der Waals surface area contributed by atoms with Crippen LogP contribution in [0.15, 0.2) is 15.9 Å². The fourth-order valence-electron chi connectivity index (χ4n) is 2.56. The lowest BCUT2D eigenvalue weighted by molar-refractivity contribution is 0.246. The number of hydrogen-bond donors (Lipinski definition) is 0. The second-order valence-electron chi connectivity index (χ2n) is 5.14. The van der Waals surface area contributed by atoms with Gasteiger partial charge >= 0.3 is 0 Å². The molecule has 0 radical (unpaired) electrons. The van der Waals surface area contributed by atoms with Crippen LogP contribution in [-0.4, -0.2) is 31.7 Å². The lowest BCUT2D eigenvalue weighted by Gasteiger charge is -2.35. The summed E-state index contributed by atoms with van der Waals surface area (Å²) in [6, 6.07) is 2.06. The molecule has 1 aliphatic rings. The molecule has 1 aromatic heterocycles. The summed E-state index contributed by atoms with van der Waals surface area (Å²) in [5.41, 5.74) is -0.322. The van der Waals surface area contributed by atoms with Gasteiger partial charge in [-0.15, -0.1) is 34.5 Å². The molecule has 0 aromatic carbocycles. The Labute approximate surface area is 136 Å². The molecule has 7 heteroatoms. The molecule has 1 unspecified atom stereocenters. The van der Waals surface area contributed by atoms with E-state index in [-0.39, 0.29) is 22.8 Å². The minimum absolute atomic E-state index is 0.0633. The standard InChI is InChI=1S/C12H15BrCl2O2S2/c13-10-3-11(18-5-10)4-12(7-14,8-15)9-1-2-19(16,17)6-9/h3,5,9H,1-2,4,6-8H2. The first kappa shape index (κ1) is 16.1. The molecular formula is C12H15BrCl2O2S2. The molecule has 2 nitrogen and oxygen atoms in total. The first-order valence-corrected chi connectivity index (χ1v) is 10.5. The van der Waals surface area contributed by atoms with Gasteiger partial charge in [0, 0.05) is 31.9 Å². The molecule has 0 saturated carbocycles. The van der Waals surface area contributed by atoms with Crippen LogP contribution in [0.2, 0.25) is 0 Å². The average molecular weight is 406 g/mol. The maximum absolute atomic E-state index is 11.7. The van der Waals surface area contributed by atoms with Crippen LogP contribution in [0.1, 0.15) is 11.3 Å². The van der Waals surface area contributed by atoms with Crippen molar-refractivity contribution in [3.63, 3.8) is 0 Å². The van der Waals surface area contributed by atoms with Crippen molar-refractivity contribution >= 4 is 60.3 Å². The van der Waals surface area contributed by atoms with Crippen LogP contribution in [0.4, 0.5) is 0 Å². The van der Waals surface area contributed by atoms with E-state index in [4.69, 9.17) is 23.2 Å². The van der Waals surface area contributed by atoms with Crippen molar-refractivity contribution in [3.05, 3.63) is 20.8 Å². The predicted molar refractivity (Wildman–Crippen MR) is 86.4 cm³/mol. The third kappa shape index (κ3) is 3.67. The molecule has 1 fully saturated rings. The largest absolute Gasteiger partial charge is 0.229 e. The maximum Gasteiger partial charge on any atom is 0.150 e. The predicted octanol–water partition coefficient (Wildman–Crippen LogP) is 3.95. The highest BCUT2D eigenvalue weighted by atomic mass is 79.9. The Balaban J connectivity index is 2.22. The molecule has 2 heterocycles. The van der Waals surface area contributed by atoms with Gasteiger partial charge < -0.3 is 0 Å². The lowest BCUT2D eigenvalue weighted by atomic mass is 9.75. The van der Waals surface area contributed by atoms with E-state index in [2.05, 4.69) is 22.0 Å². The SMILES string of the molecule is O=S1(=O)CCC(C(CCl)(CCl)Cc2cc(Br)cs2)C1. The summed E-state index contributed by atoms with van der Waals surface area (Å²) in [4.78, 5) is 1.19. The van der Waals surface area contributed by atoms with Gasteiger partial charge in [-0.05, 0) is 40.8 Å². The van der Waals surface area contributed by atoms with E-state index in [1.54, 1.807) is 11.3 Å². The van der Waals surface area contributed by atoms with Crippen LogP contribution < -0.4 is 0 Å². The third-order valence-electron chi connectivity index (χ3n) is 3.78. The quantitative estimate of drug-likeness (QED) is 0.695.